The van der Waals surface area contributed by atoms with E-state index in [1.807, 2.05) is 0 Å². The van der Waals surface area contributed by atoms with E-state index in [0.29, 0.717) is 19.1 Å². The number of hydrogen-bond acceptors (Lipinski definition) is 5. The van der Waals surface area contributed by atoms with Crippen LogP contribution >= 0.6 is 0 Å². The Morgan fingerprint density at radius 3 is 2.67 bits per heavy atom. The van der Waals surface area contributed by atoms with E-state index in [-0.39, 0.29) is 28.1 Å². The minimum Gasteiger partial charge on any atom is -0.455 e. The van der Waals surface area contributed by atoms with E-state index in [1.54, 1.807) is 18.2 Å². The molecule has 0 unspecified atom stereocenters. The van der Waals surface area contributed by atoms with Gasteiger partial charge in [-0.25, -0.2) is 8.42 Å². The minimum absolute atomic E-state index is 0.118. The van der Waals surface area contributed by atoms with E-state index >= 15 is 0 Å². The lowest BCUT2D eigenvalue weighted by Crippen LogP contribution is -2.29. The highest BCUT2D eigenvalue weighted by molar-refractivity contribution is 7.90. The summed E-state index contributed by atoms with van der Waals surface area (Å²) < 4.78 is 35.3. The summed E-state index contributed by atoms with van der Waals surface area (Å²) in [5, 5.41) is 2.79. The number of carbonyl (C=O) groups excluding carboxylic acids is 1. The largest absolute Gasteiger partial charge is 0.455 e. The van der Waals surface area contributed by atoms with Gasteiger partial charge in [-0.05, 0) is 30.7 Å². The molecule has 1 fully saturated rings. The fraction of sp³-hybridized carbons (Fsp3) is 0.353. The van der Waals surface area contributed by atoms with Crippen molar-refractivity contribution >= 4 is 15.7 Å². The second-order valence-electron chi connectivity index (χ2n) is 5.78. The highest BCUT2D eigenvalue weighted by Gasteiger charge is 2.20. The molecule has 24 heavy (non-hydrogen) atoms. The monoisotopic (exact) mass is 349 g/mol. The van der Waals surface area contributed by atoms with E-state index in [4.69, 9.17) is 9.15 Å². The number of nitrogens with one attached hydrogen (secondary N) is 1. The smallest absolute Gasteiger partial charge is 0.287 e. The maximum Gasteiger partial charge on any atom is 0.287 e. The van der Waals surface area contributed by atoms with Gasteiger partial charge in [0.2, 0.25) is 0 Å². The Morgan fingerprint density at radius 2 is 1.96 bits per heavy atom. The van der Waals surface area contributed by atoms with Gasteiger partial charge in [0.25, 0.3) is 5.91 Å². The van der Waals surface area contributed by atoms with Gasteiger partial charge in [0.05, 0.1) is 11.5 Å². The summed E-state index contributed by atoms with van der Waals surface area (Å²) in [7, 11) is -3.49. The first-order valence-corrected chi connectivity index (χ1v) is 9.42. The van der Waals surface area contributed by atoms with Gasteiger partial charge in [0.1, 0.15) is 11.5 Å². The van der Waals surface area contributed by atoms with Crippen LogP contribution in [0.15, 0.2) is 51.8 Å². The third-order valence-corrected chi connectivity index (χ3v) is 5.55. The summed E-state index contributed by atoms with van der Waals surface area (Å²) in [5.74, 6) is 0.0632. The zero-order valence-corrected chi connectivity index (χ0v) is 13.9. The van der Waals surface area contributed by atoms with Crippen molar-refractivity contribution in [2.45, 2.75) is 17.1 Å². The molecule has 2 aromatic rings. The third-order valence-electron chi connectivity index (χ3n) is 3.90. The first kappa shape index (κ1) is 16.7. The molecular weight excluding hydrogens is 330 g/mol. The van der Waals surface area contributed by atoms with Crippen LogP contribution in [-0.4, -0.2) is 34.1 Å². The predicted octanol–water partition coefficient (Wildman–Crippen LogP) is 2.02. The van der Waals surface area contributed by atoms with Crippen LogP contribution in [0.3, 0.4) is 0 Å². The molecule has 1 aliphatic heterocycles. The van der Waals surface area contributed by atoms with Crippen LogP contribution in [0.5, 0.6) is 0 Å². The Bertz CT molecular complexity index is 791. The number of benzene rings is 1. The second-order valence-corrected chi connectivity index (χ2v) is 7.77. The summed E-state index contributed by atoms with van der Waals surface area (Å²) in [4.78, 5) is 12.3. The topological polar surface area (TPSA) is 85.6 Å². The maximum atomic E-state index is 12.3. The third kappa shape index (κ3) is 4.04. The molecule has 1 atom stereocenters. The normalized spacial score (nSPS) is 17.8. The van der Waals surface area contributed by atoms with Crippen molar-refractivity contribution in [2.24, 2.45) is 5.92 Å². The van der Waals surface area contributed by atoms with Crippen molar-refractivity contribution in [3.8, 4) is 0 Å². The lowest BCUT2D eigenvalue weighted by molar-refractivity contribution is 0.0915. The summed E-state index contributed by atoms with van der Waals surface area (Å²) in [6.07, 6.45) is 0.930. The average Bonchev–Trinajstić information content (AvgIpc) is 3.25. The summed E-state index contributed by atoms with van der Waals surface area (Å²) in [6.45, 7) is 1.90. The van der Waals surface area contributed by atoms with Gasteiger partial charge in [0, 0.05) is 19.1 Å². The van der Waals surface area contributed by atoms with Gasteiger partial charge in [0.15, 0.2) is 15.6 Å². The summed E-state index contributed by atoms with van der Waals surface area (Å²) in [6, 6.07) is 11.2. The molecule has 1 saturated heterocycles. The van der Waals surface area contributed by atoms with Crippen LogP contribution in [0.25, 0.3) is 0 Å². The molecular formula is C17H19NO5S. The SMILES string of the molecule is O=C(NC[C@@H]1CCOC1)c1ccc(CS(=O)(=O)c2ccccc2)o1. The lowest BCUT2D eigenvalue weighted by atomic mass is 10.1. The van der Waals surface area contributed by atoms with Crippen molar-refractivity contribution in [1.29, 1.82) is 0 Å². The van der Waals surface area contributed by atoms with Crippen LogP contribution in [-0.2, 0) is 20.3 Å². The van der Waals surface area contributed by atoms with E-state index in [0.717, 1.165) is 13.0 Å². The Kier molecular flexibility index (Phi) is 5.01. The Labute approximate surface area is 140 Å². The Balaban J connectivity index is 1.61. The first-order chi connectivity index (χ1) is 11.5. The van der Waals surface area contributed by atoms with Crippen molar-refractivity contribution in [1.82, 2.24) is 5.32 Å². The molecule has 6 nitrogen and oxygen atoms in total. The van der Waals surface area contributed by atoms with E-state index in [9.17, 15) is 13.2 Å². The van der Waals surface area contributed by atoms with Crippen LogP contribution in [0.4, 0.5) is 0 Å². The van der Waals surface area contributed by atoms with Crippen molar-refractivity contribution in [2.75, 3.05) is 19.8 Å². The van der Waals surface area contributed by atoms with Crippen molar-refractivity contribution < 1.29 is 22.4 Å². The zero-order valence-electron chi connectivity index (χ0n) is 13.1. The molecule has 0 bridgehead atoms. The molecule has 0 saturated carbocycles. The van der Waals surface area contributed by atoms with Gasteiger partial charge in [-0.2, -0.15) is 0 Å². The Hall–Kier alpha value is -2.12. The van der Waals surface area contributed by atoms with Crippen molar-refractivity contribution in [3.05, 3.63) is 54.0 Å². The Morgan fingerprint density at radius 1 is 1.17 bits per heavy atom. The zero-order chi connectivity index (χ0) is 17.0. The van der Waals surface area contributed by atoms with Gasteiger partial charge >= 0.3 is 0 Å². The van der Waals surface area contributed by atoms with Gasteiger partial charge in [-0.3, -0.25) is 4.79 Å². The van der Waals surface area contributed by atoms with E-state index in [1.165, 1.54) is 24.3 Å². The van der Waals surface area contributed by atoms with Gasteiger partial charge < -0.3 is 14.5 Å². The number of rotatable bonds is 6. The van der Waals surface area contributed by atoms with Gasteiger partial charge in [-0.1, -0.05) is 18.2 Å². The molecule has 1 aromatic carbocycles. The van der Waals surface area contributed by atoms with Crippen LogP contribution in [0, 0.1) is 5.92 Å². The number of amides is 1. The highest BCUT2D eigenvalue weighted by atomic mass is 32.2. The molecule has 1 N–H and O–H groups in total. The molecule has 3 rings (SSSR count). The number of sulfone groups is 1. The van der Waals surface area contributed by atoms with Crippen LogP contribution < -0.4 is 5.32 Å². The van der Waals surface area contributed by atoms with Crippen LogP contribution in [0.1, 0.15) is 22.7 Å². The molecule has 0 spiro atoms. The van der Waals surface area contributed by atoms with Crippen LogP contribution in [0.2, 0.25) is 0 Å². The average molecular weight is 349 g/mol. The number of furan rings is 1. The van der Waals surface area contributed by atoms with E-state index < -0.39 is 9.84 Å². The fourth-order valence-electron chi connectivity index (χ4n) is 2.54. The van der Waals surface area contributed by atoms with Gasteiger partial charge in [-0.15, -0.1) is 0 Å². The first-order valence-electron chi connectivity index (χ1n) is 7.77. The molecule has 0 aliphatic carbocycles. The lowest BCUT2D eigenvalue weighted by Gasteiger charge is -2.07. The molecule has 2 heterocycles. The minimum atomic E-state index is -3.49. The predicted molar refractivity (Wildman–Crippen MR) is 87.3 cm³/mol. The number of hydrogen-bond donors (Lipinski definition) is 1. The number of carbonyl (C=O) groups is 1. The molecule has 7 heteroatoms. The molecule has 1 aromatic heterocycles. The second kappa shape index (κ2) is 7.19. The molecule has 0 radical (unpaired) electrons. The summed E-state index contributed by atoms with van der Waals surface area (Å²) >= 11 is 0. The quantitative estimate of drug-likeness (QED) is 0.862. The summed E-state index contributed by atoms with van der Waals surface area (Å²) in [5.41, 5.74) is 0. The molecule has 128 valence electrons. The highest BCUT2D eigenvalue weighted by Crippen LogP contribution is 2.18. The number of ether oxygens (including phenoxy) is 1. The van der Waals surface area contributed by atoms with Crippen molar-refractivity contribution in [3.63, 3.8) is 0 Å². The van der Waals surface area contributed by atoms with E-state index in [2.05, 4.69) is 5.32 Å². The standard InChI is InChI=1S/C17H19NO5S/c19-17(18-10-13-8-9-22-11-13)16-7-6-14(23-16)12-24(20,21)15-4-2-1-3-5-15/h1-7,13H,8-12H2,(H,18,19)/t13-/m0/s1. The maximum absolute atomic E-state index is 12.3. The fourth-order valence-corrected chi connectivity index (χ4v) is 3.81. The molecule has 1 aliphatic rings. The molecule has 1 amide bonds.